The standard InChI is InChI=1S/C6H13N2OP/c1-2-5-8-10-9-6-3-4-7/h8,10H,2-3,5-6H2,1H3. The molecule has 3 nitrogen and oxygen atoms in total. The van der Waals surface area contributed by atoms with Crippen molar-refractivity contribution in [2.75, 3.05) is 13.2 Å². The highest BCUT2D eigenvalue weighted by Crippen LogP contribution is 2.04. The van der Waals surface area contributed by atoms with Gasteiger partial charge < -0.3 is 4.52 Å². The summed E-state index contributed by atoms with van der Waals surface area (Å²) in [6.07, 6.45) is 1.61. The van der Waals surface area contributed by atoms with Gasteiger partial charge in [-0.15, -0.1) is 0 Å². The lowest BCUT2D eigenvalue weighted by atomic mass is 10.5. The maximum absolute atomic E-state index is 8.12. The minimum absolute atomic E-state index is 0.348. The van der Waals surface area contributed by atoms with Crippen LogP contribution >= 0.6 is 8.96 Å². The maximum Gasteiger partial charge on any atom is 0.0861 e. The van der Waals surface area contributed by atoms with Crippen LogP contribution in [0.1, 0.15) is 19.8 Å². The highest BCUT2D eigenvalue weighted by molar-refractivity contribution is 7.29. The van der Waals surface area contributed by atoms with Crippen molar-refractivity contribution in [2.24, 2.45) is 0 Å². The van der Waals surface area contributed by atoms with E-state index in [4.69, 9.17) is 9.79 Å². The van der Waals surface area contributed by atoms with Crippen LogP contribution in [0.5, 0.6) is 0 Å². The van der Waals surface area contributed by atoms with Crippen molar-refractivity contribution < 1.29 is 4.52 Å². The molecule has 1 atom stereocenters. The fourth-order valence-corrected chi connectivity index (χ4v) is 1.03. The molecular weight excluding hydrogens is 147 g/mol. The maximum atomic E-state index is 8.12. The van der Waals surface area contributed by atoms with E-state index in [-0.39, 0.29) is 0 Å². The molecule has 1 N–H and O–H groups in total. The Morgan fingerprint density at radius 2 is 2.50 bits per heavy atom. The first-order chi connectivity index (χ1) is 4.91. The molecule has 0 aliphatic rings. The predicted octanol–water partition coefficient (Wildman–Crippen LogP) is 1.42. The SMILES string of the molecule is CCCNPOCCC#N. The van der Waals surface area contributed by atoms with Crippen LogP contribution in [0.2, 0.25) is 0 Å². The van der Waals surface area contributed by atoms with Crippen LogP contribution in [0.3, 0.4) is 0 Å². The Kier molecular flexibility index (Phi) is 8.70. The fourth-order valence-electron chi connectivity index (χ4n) is 0.375. The molecule has 0 radical (unpaired) electrons. The Balaban J connectivity index is 2.72. The molecule has 0 aliphatic carbocycles. The van der Waals surface area contributed by atoms with Crippen LogP contribution in [0.25, 0.3) is 0 Å². The molecule has 0 saturated carbocycles. The third-order valence-corrected chi connectivity index (χ3v) is 1.58. The van der Waals surface area contributed by atoms with Crippen LogP contribution in [0.4, 0.5) is 0 Å². The van der Waals surface area contributed by atoms with E-state index in [1.165, 1.54) is 0 Å². The molecule has 10 heavy (non-hydrogen) atoms. The minimum atomic E-state index is 0.348. The van der Waals surface area contributed by atoms with E-state index < -0.39 is 0 Å². The van der Waals surface area contributed by atoms with Gasteiger partial charge in [0, 0.05) is 6.54 Å². The van der Waals surface area contributed by atoms with Crippen molar-refractivity contribution in [2.45, 2.75) is 19.8 Å². The Labute approximate surface area is 63.7 Å². The van der Waals surface area contributed by atoms with Gasteiger partial charge in [-0.25, -0.2) is 0 Å². The van der Waals surface area contributed by atoms with Gasteiger partial charge in [-0.05, 0) is 6.42 Å². The molecule has 0 rings (SSSR count). The van der Waals surface area contributed by atoms with Crippen LogP contribution in [0.15, 0.2) is 0 Å². The number of rotatable bonds is 6. The van der Waals surface area contributed by atoms with Crippen molar-refractivity contribution in [1.82, 2.24) is 5.09 Å². The smallest absolute Gasteiger partial charge is 0.0861 e. The summed E-state index contributed by atoms with van der Waals surface area (Å²) in [6, 6.07) is 2.01. The van der Waals surface area contributed by atoms with Crippen LogP contribution in [-0.2, 0) is 4.52 Å². The number of nitriles is 1. The average molecular weight is 160 g/mol. The molecule has 0 aromatic rings. The average Bonchev–Trinajstić information content (AvgIpc) is 1.97. The molecule has 0 heterocycles. The number of nitrogens with zero attached hydrogens (tertiary/aromatic N) is 1. The summed E-state index contributed by atoms with van der Waals surface area (Å²) in [5, 5.41) is 11.2. The lowest BCUT2D eigenvalue weighted by molar-refractivity contribution is 0.368. The summed E-state index contributed by atoms with van der Waals surface area (Å²) in [5.41, 5.74) is 0. The molecule has 0 spiro atoms. The largest absolute Gasteiger partial charge is 0.345 e. The molecule has 1 unspecified atom stereocenters. The lowest BCUT2D eigenvalue weighted by Gasteiger charge is -2.00. The monoisotopic (exact) mass is 160 g/mol. The second kappa shape index (κ2) is 8.84. The Bertz CT molecular complexity index is 102. The summed E-state index contributed by atoms with van der Waals surface area (Å²) >= 11 is 0. The normalized spacial score (nSPS) is 10.4. The van der Waals surface area contributed by atoms with Gasteiger partial charge in [0.1, 0.15) is 0 Å². The Hall–Kier alpha value is -0.160. The molecule has 0 amide bonds. The van der Waals surface area contributed by atoms with Crippen LogP contribution in [-0.4, -0.2) is 13.2 Å². The third kappa shape index (κ3) is 7.84. The van der Waals surface area contributed by atoms with Gasteiger partial charge in [-0.3, -0.25) is 5.09 Å². The van der Waals surface area contributed by atoms with Crippen molar-refractivity contribution in [3.8, 4) is 6.07 Å². The molecule has 4 heteroatoms. The van der Waals surface area contributed by atoms with E-state index in [2.05, 4.69) is 12.0 Å². The van der Waals surface area contributed by atoms with Crippen molar-refractivity contribution in [3.05, 3.63) is 0 Å². The summed E-state index contributed by atoms with van der Waals surface area (Å²) in [4.78, 5) is 0. The molecule has 0 aromatic heterocycles. The highest BCUT2D eigenvalue weighted by atomic mass is 31.1. The molecule has 0 fully saturated rings. The lowest BCUT2D eigenvalue weighted by Crippen LogP contribution is -2.02. The van der Waals surface area contributed by atoms with Gasteiger partial charge in [0.15, 0.2) is 0 Å². The van der Waals surface area contributed by atoms with E-state index in [9.17, 15) is 0 Å². The van der Waals surface area contributed by atoms with Crippen molar-refractivity contribution in [1.29, 1.82) is 5.26 Å². The minimum Gasteiger partial charge on any atom is -0.345 e. The van der Waals surface area contributed by atoms with E-state index in [0.29, 0.717) is 22.0 Å². The second-order valence-electron chi connectivity index (χ2n) is 1.79. The first-order valence-electron chi connectivity index (χ1n) is 3.38. The van der Waals surface area contributed by atoms with Gasteiger partial charge in [-0.1, -0.05) is 6.92 Å². The fraction of sp³-hybridized carbons (Fsp3) is 0.833. The number of hydrogen-bond donors (Lipinski definition) is 1. The molecule has 58 valence electrons. The van der Waals surface area contributed by atoms with Crippen LogP contribution < -0.4 is 5.09 Å². The zero-order valence-electron chi connectivity index (χ0n) is 6.18. The van der Waals surface area contributed by atoms with Gasteiger partial charge >= 0.3 is 0 Å². The predicted molar refractivity (Wildman–Crippen MR) is 42.8 cm³/mol. The van der Waals surface area contributed by atoms with E-state index in [1.54, 1.807) is 0 Å². The number of nitrogens with one attached hydrogen (secondary N) is 1. The quantitative estimate of drug-likeness (QED) is 0.472. The summed E-state index contributed by atoms with van der Waals surface area (Å²) in [7, 11) is 0.348. The number of hydrogen-bond acceptors (Lipinski definition) is 3. The summed E-state index contributed by atoms with van der Waals surface area (Å²) in [5.74, 6) is 0. The molecular formula is C6H13N2OP. The van der Waals surface area contributed by atoms with E-state index in [1.807, 2.05) is 6.07 Å². The van der Waals surface area contributed by atoms with Crippen molar-refractivity contribution >= 4 is 8.96 Å². The van der Waals surface area contributed by atoms with Gasteiger partial charge in [0.25, 0.3) is 0 Å². The van der Waals surface area contributed by atoms with Crippen molar-refractivity contribution in [3.63, 3.8) is 0 Å². The third-order valence-electron chi connectivity index (χ3n) is 0.835. The van der Waals surface area contributed by atoms with E-state index in [0.717, 1.165) is 13.0 Å². The molecule has 0 saturated heterocycles. The van der Waals surface area contributed by atoms with E-state index >= 15 is 0 Å². The Morgan fingerprint density at radius 3 is 3.10 bits per heavy atom. The Morgan fingerprint density at radius 1 is 1.70 bits per heavy atom. The first-order valence-corrected chi connectivity index (χ1v) is 4.29. The van der Waals surface area contributed by atoms with Gasteiger partial charge in [0.05, 0.1) is 28.1 Å². The van der Waals surface area contributed by atoms with Crippen LogP contribution in [0, 0.1) is 11.3 Å². The molecule has 0 aromatic carbocycles. The van der Waals surface area contributed by atoms with Gasteiger partial charge in [0.2, 0.25) is 0 Å². The zero-order valence-corrected chi connectivity index (χ0v) is 7.18. The summed E-state index contributed by atoms with van der Waals surface area (Å²) in [6.45, 7) is 3.64. The molecule has 0 bridgehead atoms. The zero-order chi connectivity index (χ0) is 7.66. The second-order valence-corrected chi connectivity index (χ2v) is 2.63. The summed E-state index contributed by atoms with van der Waals surface area (Å²) < 4.78 is 5.07. The van der Waals surface area contributed by atoms with Gasteiger partial charge in [-0.2, -0.15) is 5.26 Å². The topological polar surface area (TPSA) is 45.0 Å². The highest BCUT2D eigenvalue weighted by Gasteiger charge is 1.84. The molecule has 0 aliphatic heterocycles. The first kappa shape index (κ1) is 9.84.